The molecule has 0 saturated heterocycles. The number of benzene rings is 2. The number of nitrogens with zero attached hydrogens (tertiary/aromatic N) is 4. The van der Waals surface area contributed by atoms with Crippen LogP contribution in [0.2, 0.25) is 0 Å². The third-order valence-electron chi connectivity index (χ3n) is 3.67. The van der Waals surface area contributed by atoms with Crippen LogP contribution >= 0.6 is 0 Å². The normalized spacial score (nSPS) is 17.2. The van der Waals surface area contributed by atoms with Crippen molar-refractivity contribution in [2.24, 2.45) is 10.2 Å². The van der Waals surface area contributed by atoms with E-state index < -0.39 is 22.7 Å². The van der Waals surface area contributed by atoms with E-state index in [2.05, 4.69) is 10.2 Å². The summed E-state index contributed by atoms with van der Waals surface area (Å²) in [6.45, 7) is 0. The van der Waals surface area contributed by atoms with Crippen LogP contribution in [0.15, 0.2) is 58.8 Å². The van der Waals surface area contributed by atoms with Crippen molar-refractivity contribution in [3.05, 3.63) is 64.2 Å². The Hall–Kier alpha value is -3.42. The maximum Gasteiger partial charge on any atom is 0.271 e. The van der Waals surface area contributed by atoms with Gasteiger partial charge in [0.15, 0.2) is 0 Å². The molecule has 1 heterocycles. The zero-order valence-electron chi connectivity index (χ0n) is 12.6. The standard InChI is InChI=1S/C16H12N4O4/c1-19-13-8-3-2-7-12(13)15(21)14(16(19)22)18-17-10-5-4-6-11(9-10)20(23)24/h2-9,14H,1H3. The number of carbonyl (C=O) groups excluding carboxylic acids is 2. The lowest BCUT2D eigenvalue weighted by atomic mass is 9.97. The quantitative estimate of drug-likeness (QED) is 0.374. The van der Waals surface area contributed by atoms with Crippen molar-refractivity contribution in [3.8, 4) is 0 Å². The Bertz CT molecular complexity index is 878. The van der Waals surface area contributed by atoms with Crippen molar-refractivity contribution in [1.29, 1.82) is 0 Å². The third kappa shape index (κ3) is 2.65. The van der Waals surface area contributed by atoms with E-state index in [-0.39, 0.29) is 11.4 Å². The number of ketones is 1. The molecule has 8 heteroatoms. The van der Waals surface area contributed by atoms with Gasteiger partial charge in [-0.2, -0.15) is 10.2 Å². The predicted octanol–water partition coefficient (Wildman–Crippen LogP) is 2.91. The van der Waals surface area contributed by atoms with Crippen molar-refractivity contribution in [1.82, 2.24) is 0 Å². The van der Waals surface area contributed by atoms with E-state index in [4.69, 9.17) is 0 Å². The van der Waals surface area contributed by atoms with Gasteiger partial charge in [-0.15, -0.1) is 0 Å². The van der Waals surface area contributed by atoms with E-state index in [9.17, 15) is 19.7 Å². The lowest BCUT2D eigenvalue weighted by Crippen LogP contribution is -2.45. The van der Waals surface area contributed by atoms with Crippen molar-refractivity contribution in [3.63, 3.8) is 0 Å². The minimum Gasteiger partial charge on any atom is -0.312 e. The molecular weight excluding hydrogens is 312 g/mol. The summed E-state index contributed by atoms with van der Waals surface area (Å²) >= 11 is 0. The van der Waals surface area contributed by atoms with Gasteiger partial charge in [0, 0.05) is 24.7 Å². The molecule has 2 aromatic carbocycles. The summed E-state index contributed by atoms with van der Waals surface area (Å²) in [5.41, 5.74) is 0.971. The highest BCUT2D eigenvalue weighted by Crippen LogP contribution is 2.28. The molecule has 3 rings (SSSR count). The molecule has 24 heavy (non-hydrogen) atoms. The molecule has 1 aliphatic heterocycles. The second kappa shape index (κ2) is 5.99. The molecule has 0 saturated carbocycles. The smallest absolute Gasteiger partial charge is 0.271 e. The average Bonchev–Trinajstić information content (AvgIpc) is 2.60. The highest BCUT2D eigenvalue weighted by Gasteiger charge is 2.37. The summed E-state index contributed by atoms with van der Waals surface area (Å²) in [5, 5.41) is 18.4. The van der Waals surface area contributed by atoms with Crippen molar-refractivity contribution in [2.45, 2.75) is 6.04 Å². The Morgan fingerprint density at radius 2 is 1.88 bits per heavy atom. The van der Waals surface area contributed by atoms with E-state index in [1.165, 1.54) is 29.2 Å². The molecule has 2 aromatic rings. The summed E-state index contributed by atoms with van der Waals surface area (Å²) in [6, 6.07) is 11.0. The Morgan fingerprint density at radius 3 is 2.62 bits per heavy atom. The number of rotatable bonds is 3. The minimum atomic E-state index is -1.29. The topological polar surface area (TPSA) is 105 Å². The van der Waals surface area contributed by atoms with Crippen LogP contribution in [0.5, 0.6) is 0 Å². The Labute approximate surface area is 136 Å². The summed E-state index contributed by atoms with van der Waals surface area (Å²) in [5.74, 6) is -0.934. The van der Waals surface area contributed by atoms with Gasteiger partial charge in [0.1, 0.15) is 0 Å². The maximum atomic E-state index is 12.5. The Kier molecular flexibility index (Phi) is 3.87. The number of likely N-dealkylation sites (N-methyl/N-ethyl adjacent to an activating group) is 1. The molecule has 1 unspecified atom stereocenters. The van der Waals surface area contributed by atoms with Gasteiger partial charge in [0.2, 0.25) is 11.8 Å². The zero-order chi connectivity index (χ0) is 17.3. The van der Waals surface area contributed by atoms with Crippen molar-refractivity contribution in [2.75, 3.05) is 11.9 Å². The van der Waals surface area contributed by atoms with Crippen LogP contribution < -0.4 is 4.90 Å². The molecular formula is C16H12N4O4. The van der Waals surface area contributed by atoms with E-state index in [1.807, 2.05) is 0 Å². The predicted molar refractivity (Wildman–Crippen MR) is 85.6 cm³/mol. The minimum absolute atomic E-state index is 0.143. The lowest BCUT2D eigenvalue weighted by molar-refractivity contribution is -0.384. The number of nitro benzene ring substituents is 1. The van der Waals surface area contributed by atoms with Crippen LogP contribution in [0, 0.1) is 10.1 Å². The molecule has 1 atom stereocenters. The van der Waals surface area contributed by atoms with Gasteiger partial charge in [-0.3, -0.25) is 19.7 Å². The Morgan fingerprint density at radius 1 is 1.12 bits per heavy atom. The first kappa shape index (κ1) is 15.5. The van der Waals surface area contributed by atoms with Crippen LogP contribution in [-0.2, 0) is 4.79 Å². The van der Waals surface area contributed by atoms with E-state index in [1.54, 1.807) is 31.3 Å². The third-order valence-corrected chi connectivity index (χ3v) is 3.67. The van der Waals surface area contributed by atoms with Crippen LogP contribution in [0.3, 0.4) is 0 Å². The number of hydrogen-bond acceptors (Lipinski definition) is 6. The van der Waals surface area contributed by atoms with Gasteiger partial charge in [-0.05, 0) is 18.2 Å². The average molecular weight is 324 g/mol. The highest BCUT2D eigenvalue weighted by atomic mass is 16.6. The number of nitro groups is 1. The lowest BCUT2D eigenvalue weighted by Gasteiger charge is -2.27. The fourth-order valence-electron chi connectivity index (χ4n) is 2.43. The van der Waals surface area contributed by atoms with Crippen molar-refractivity contribution >= 4 is 28.8 Å². The number of fused-ring (bicyclic) bond motifs is 1. The van der Waals surface area contributed by atoms with E-state index in [0.29, 0.717) is 11.3 Å². The van der Waals surface area contributed by atoms with Gasteiger partial charge in [-0.1, -0.05) is 18.2 Å². The number of hydrogen-bond donors (Lipinski definition) is 0. The fourth-order valence-corrected chi connectivity index (χ4v) is 2.43. The van der Waals surface area contributed by atoms with Crippen LogP contribution in [0.1, 0.15) is 10.4 Å². The SMILES string of the molecule is CN1C(=O)C(N=Nc2cccc([N+](=O)[O-])c2)C(=O)c2ccccc21. The number of anilines is 1. The van der Waals surface area contributed by atoms with Gasteiger partial charge >= 0.3 is 0 Å². The van der Waals surface area contributed by atoms with Crippen LogP contribution in [0.4, 0.5) is 17.1 Å². The molecule has 0 N–H and O–H groups in total. The molecule has 0 aromatic heterocycles. The Balaban J connectivity index is 1.93. The number of para-hydroxylation sites is 1. The molecule has 0 spiro atoms. The van der Waals surface area contributed by atoms with Crippen LogP contribution in [-0.4, -0.2) is 29.7 Å². The summed E-state index contributed by atoms with van der Waals surface area (Å²) in [6.07, 6.45) is 0. The highest BCUT2D eigenvalue weighted by molar-refractivity contribution is 6.24. The second-order valence-corrected chi connectivity index (χ2v) is 5.17. The first-order valence-corrected chi connectivity index (χ1v) is 7.05. The van der Waals surface area contributed by atoms with E-state index in [0.717, 1.165) is 0 Å². The molecule has 1 aliphatic rings. The van der Waals surface area contributed by atoms with Gasteiger partial charge in [0.25, 0.3) is 11.6 Å². The zero-order valence-corrected chi connectivity index (χ0v) is 12.6. The van der Waals surface area contributed by atoms with E-state index >= 15 is 0 Å². The largest absolute Gasteiger partial charge is 0.312 e. The van der Waals surface area contributed by atoms with Gasteiger partial charge in [-0.25, -0.2) is 0 Å². The number of azo groups is 1. The molecule has 0 fully saturated rings. The number of amides is 1. The fraction of sp³-hybridized carbons (Fsp3) is 0.125. The first-order chi connectivity index (χ1) is 11.5. The monoisotopic (exact) mass is 324 g/mol. The summed E-state index contributed by atoms with van der Waals surface area (Å²) in [4.78, 5) is 36.4. The van der Waals surface area contributed by atoms with Gasteiger partial charge < -0.3 is 4.90 Å². The number of carbonyl (C=O) groups is 2. The molecule has 1 amide bonds. The molecule has 0 radical (unpaired) electrons. The summed E-state index contributed by atoms with van der Waals surface area (Å²) in [7, 11) is 1.56. The maximum absolute atomic E-state index is 12.5. The molecule has 120 valence electrons. The number of non-ortho nitro benzene ring substituents is 1. The molecule has 0 aliphatic carbocycles. The molecule has 8 nitrogen and oxygen atoms in total. The first-order valence-electron chi connectivity index (χ1n) is 7.05. The van der Waals surface area contributed by atoms with Crippen LogP contribution in [0.25, 0.3) is 0 Å². The second-order valence-electron chi connectivity index (χ2n) is 5.17. The van der Waals surface area contributed by atoms with Gasteiger partial charge in [0.05, 0.1) is 16.3 Å². The summed E-state index contributed by atoms with van der Waals surface area (Å²) < 4.78 is 0. The molecule has 0 bridgehead atoms. The van der Waals surface area contributed by atoms with Crippen molar-refractivity contribution < 1.29 is 14.5 Å². The number of Topliss-reactive ketones (excluding diaryl/α,β-unsaturated/α-hetero) is 1.